The minimum atomic E-state index is -3.29. The second-order valence-corrected chi connectivity index (χ2v) is 11.3. The summed E-state index contributed by atoms with van der Waals surface area (Å²) in [5, 5.41) is 5.76. The molecular weight excluding hydrogens is 448 g/mol. The molecule has 1 amide bonds. The van der Waals surface area contributed by atoms with Crippen LogP contribution in [-0.2, 0) is 14.8 Å². The molecule has 3 aliphatic rings. The number of nitrogens with zero attached hydrogens (tertiary/aromatic N) is 3. The summed E-state index contributed by atoms with van der Waals surface area (Å²) in [4.78, 5) is 22.5. The standard InChI is InChI=1S/C21H34N6O5S/c1-21(5-6-21)32-20(28)27-10-3-16(4-11-27)15-31-19-14-24-18(13-25-19)23-8-9-26-33(29,30)17-2-7-22-12-17/h13-14,16-17,22,26H,2-12,15H2,1H3,(H,23,24)/t17-/m1/s1. The van der Waals surface area contributed by atoms with Gasteiger partial charge < -0.3 is 25.0 Å². The topological polar surface area (TPSA) is 135 Å². The normalized spacial score (nSPS) is 22.7. The number of ether oxygens (including phenoxy) is 2. The number of likely N-dealkylation sites (tertiary alicyclic amines) is 1. The van der Waals surface area contributed by atoms with Crippen LogP contribution in [0.15, 0.2) is 12.4 Å². The van der Waals surface area contributed by atoms with E-state index < -0.39 is 10.0 Å². The van der Waals surface area contributed by atoms with Gasteiger partial charge >= 0.3 is 6.09 Å². The number of sulfonamides is 1. The smallest absolute Gasteiger partial charge is 0.410 e. The van der Waals surface area contributed by atoms with Crippen LogP contribution in [0.4, 0.5) is 10.6 Å². The Morgan fingerprint density at radius 3 is 2.64 bits per heavy atom. The molecule has 11 nitrogen and oxygen atoms in total. The lowest BCUT2D eigenvalue weighted by molar-refractivity contribution is 0.0454. The number of hydrogen-bond acceptors (Lipinski definition) is 9. The Morgan fingerprint density at radius 1 is 1.21 bits per heavy atom. The largest absolute Gasteiger partial charge is 0.476 e. The molecule has 3 heterocycles. The highest BCUT2D eigenvalue weighted by Crippen LogP contribution is 2.39. The van der Waals surface area contributed by atoms with Crippen molar-refractivity contribution < 1.29 is 22.7 Å². The van der Waals surface area contributed by atoms with Crippen molar-refractivity contribution in [2.75, 3.05) is 51.2 Å². The summed E-state index contributed by atoms with van der Waals surface area (Å²) in [6.07, 6.45) is 7.21. The van der Waals surface area contributed by atoms with Gasteiger partial charge in [-0.3, -0.25) is 0 Å². The van der Waals surface area contributed by atoms with E-state index in [1.807, 2.05) is 6.92 Å². The molecule has 0 unspecified atom stereocenters. The lowest BCUT2D eigenvalue weighted by Crippen LogP contribution is -2.41. The van der Waals surface area contributed by atoms with Gasteiger partial charge in [0.2, 0.25) is 15.9 Å². The zero-order chi connectivity index (χ0) is 23.3. The second-order valence-electron chi connectivity index (χ2n) is 9.28. The van der Waals surface area contributed by atoms with Crippen LogP contribution >= 0.6 is 0 Å². The van der Waals surface area contributed by atoms with Crippen LogP contribution in [-0.4, -0.2) is 86.1 Å². The third kappa shape index (κ3) is 6.90. The average molecular weight is 483 g/mol. The Kier molecular flexibility index (Phi) is 7.55. The van der Waals surface area contributed by atoms with Gasteiger partial charge in [-0.2, -0.15) is 0 Å². The van der Waals surface area contributed by atoms with Gasteiger partial charge in [-0.05, 0) is 51.5 Å². The van der Waals surface area contributed by atoms with E-state index >= 15 is 0 Å². The molecule has 1 aliphatic carbocycles. The van der Waals surface area contributed by atoms with Gasteiger partial charge in [0, 0.05) is 32.7 Å². The minimum Gasteiger partial charge on any atom is -0.476 e. The van der Waals surface area contributed by atoms with Crippen LogP contribution < -0.4 is 20.1 Å². The predicted molar refractivity (Wildman–Crippen MR) is 123 cm³/mol. The highest BCUT2D eigenvalue weighted by Gasteiger charge is 2.43. The Labute approximate surface area is 195 Å². The first-order valence-corrected chi connectivity index (χ1v) is 13.2. The second kappa shape index (κ2) is 10.4. The first-order chi connectivity index (χ1) is 15.8. The van der Waals surface area contributed by atoms with E-state index in [1.54, 1.807) is 17.3 Å². The predicted octanol–water partition coefficient (Wildman–Crippen LogP) is 0.950. The molecule has 2 saturated heterocycles. The molecule has 3 N–H and O–H groups in total. The van der Waals surface area contributed by atoms with Gasteiger partial charge in [-0.25, -0.2) is 27.9 Å². The van der Waals surface area contributed by atoms with Crippen molar-refractivity contribution in [1.29, 1.82) is 0 Å². The van der Waals surface area contributed by atoms with E-state index in [-0.39, 0.29) is 23.5 Å². The molecule has 0 aromatic carbocycles. The van der Waals surface area contributed by atoms with Crippen LogP contribution in [0.1, 0.15) is 39.0 Å². The quantitative estimate of drug-likeness (QED) is 0.417. The Bertz CT molecular complexity index is 894. The number of amides is 1. The number of anilines is 1. The molecule has 184 valence electrons. The minimum absolute atomic E-state index is 0.202. The van der Waals surface area contributed by atoms with E-state index in [4.69, 9.17) is 9.47 Å². The highest BCUT2D eigenvalue weighted by atomic mass is 32.2. The molecule has 12 heteroatoms. The van der Waals surface area contributed by atoms with E-state index in [0.717, 1.165) is 32.2 Å². The highest BCUT2D eigenvalue weighted by molar-refractivity contribution is 7.90. The SMILES string of the molecule is CC1(OC(=O)N2CCC(COc3cnc(NCCNS(=O)(=O)[C@@H]4CCNC4)cn3)CC2)CC1. The number of hydrogen-bond donors (Lipinski definition) is 3. The Balaban J connectivity index is 1.11. The average Bonchev–Trinajstić information content (AvgIpc) is 3.27. The van der Waals surface area contributed by atoms with Gasteiger partial charge in [-0.15, -0.1) is 0 Å². The van der Waals surface area contributed by atoms with Gasteiger partial charge in [0.15, 0.2) is 0 Å². The maximum Gasteiger partial charge on any atom is 0.410 e. The summed E-state index contributed by atoms with van der Waals surface area (Å²) in [5.41, 5.74) is -0.238. The number of nitrogens with one attached hydrogen (secondary N) is 3. The maximum absolute atomic E-state index is 12.2. The van der Waals surface area contributed by atoms with Gasteiger partial charge in [0.05, 0.1) is 24.3 Å². The summed E-state index contributed by atoms with van der Waals surface area (Å²) >= 11 is 0. The summed E-state index contributed by atoms with van der Waals surface area (Å²) in [6.45, 7) is 5.79. The van der Waals surface area contributed by atoms with Crippen LogP contribution in [0.2, 0.25) is 0 Å². The first-order valence-electron chi connectivity index (χ1n) is 11.7. The number of carbonyl (C=O) groups excluding carboxylic acids is 1. The van der Waals surface area contributed by atoms with Crippen molar-refractivity contribution in [3.8, 4) is 5.88 Å². The molecule has 4 rings (SSSR count). The summed E-state index contributed by atoms with van der Waals surface area (Å²) < 4.78 is 38.2. The molecule has 1 aromatic heterocycles. The molecule has 0 bridgehead atoms. The lowest BCUT2D eigenvalue weighted by atomic mass is 9.98. The van der Waals surface area contributed by atoms with Crippen molar-refractivity contribution in [3.63, 3.8) is 0 Å². The van der Waals surface area contributed by atoms with E-state index in [2.05, 4.69) is 25.3 Å². The van der Waals surface area contributed by atoms with Gasteiger partial charge in [0.1, 0.15) is 11.4 Å². The molecule has 0 spiro atoms. The molecular formula is C21H34N6O5S. The van der Waals surface area contributed by atoms with Gasteiger partial charge in [0.25, 0.3) is 0 Å². The van der Waals surface area contributed by atoms with Crippen molar-refractivity contribution >= 4 is 21.9 Å². The molecule has 1 aromatic rings. The number of carbonyl (C=O) groups is 1. The fourth-order valence-corrected chi connectivity index (χ4v) is 5.30. The van der Waals surface area contributed by atoms with Crippen molar-refractivity contribution in [1.82, 2.24) is 24.9 Å². The van der Waals surface area contributed by atoms with Gasteiger partial charge in [-0.1, -0.05) is 0 Å². The van der Waals surface area contributed by atoms with Crippen LogP contribution in [0, 0.1) is 5.92 Å². The summed E-state index contributed by atoms with van der Waals surface area (Å²) in [6, 6.07) is 0. The number of piperidine rings is 1. The fourth-order valence-electron chi connectivity index (χ4n) is 3.92. The van der Waals surface area contributed by atoms with Crippen LogP contribution in [0.5, 0.6) is 5.88 Å². The number of rotatable bonds is 10. The Morgan fingerprint density at radius 2 is 2.00 bits per heavy atom. The molecule has 1 saturated carbocycles. The molecule has 33 heavy (non-hydrogen) atoms. The molecule has 2 aliphatic heterocycles. The maximum atomic E-state index is 12.2. The zero-order valence-electron chi connectivity index (χ0n) is 19.1. The Hall–Kier alpha value is -2.18. The summed E-state index contributed by atoms with van der Waals surface area (Å²) in [7, 11) is -3.29. The van der Waals surface area contributed by atoms with E-state index in [1.165, 1.54) is 0 Å². The first kappa shape index (κ1) is 24.0. The molecule has 3 fully saturated rings. The molecule has 1 atom stereocenters. The third-order valence-electron chi connectivity index (χ3n) is 6.44. The van der Waals surface area contributed by atoms with Crippen LogP contribution in [0.3, 0.4) is 0 Å². The lowest BCUT2D eigenvalue weighted by Gasteiger charge is -2.31. The number of aromatic nitrogens is 2. The van der Waals surface area contributed by atoms with Crippen molar-refractivity contribution in [2.45, 2.75) is 49.9 Å². The zero-order valence-corrected chi connectivity index (χ0v) is 19.9. The van der Waals surface area contributed by atoms with Crippen LogP contribution in [0.25, 0.3) is 0 Å². The third-order valence-corrected chi connectivity index (χ3v) is 8.33. The van der Waals surface area contributed by atoms with E-state index in [0.29, 0.717) is 56.8 Å². The monoisotopic (exact) mass is 482 g/mol. The molecule has 0 radical (unpaired) electrons. The summed E-state index contributed by atoms with van der Waals surface area (Å²) in [5.74, 6) is 1.35. The van der Waals surface area contributed by atoms with Crippen molar-refractivity contribution in [2.24, 2.45) is 5.92 Å². The van der Waals surface area contributed by atoms with E-state index in [9.17, 15) is 13.2 Å². The fraction of sp³-hybridized carbons (Fsp3) is 0.762. The van der Waals surface area contributed by atoms with Crippen molar-refractivity contribution in [3.05, 3.63) is 12.4 Å².